The Labute approximate surface area is 140 Å². The molecular weight excluding hydrogens is 284 g/mol. The Morgan fingerprint density at radius 2 is 1.91 bits per heavy atom. The van der Waals surface area contributed by atoms with Crippen LogP contribution in [-0.2, 0) is 4.74 Å². The van der Waals surface area contributed by atoms with E-state index in [1.807, 2.05) is 0 Å². The van der Waals surface area contributed by atoms with Gasteiger partial charge in [-0.05, 0) is 31.9 Å². The predicted molar refractivity (Wildman–Crippen MR) is 96.6 cm³/mol. The molecule has 3 rings (SSSR count). The van der Waals surface area contributed by atoms with Crippen molar-refractivity contribution in [1.29, 1.82) is 0 Å². The highest BCUT2D eigenvalue weighted by atomic mass is 16.5. The van der Waals surface area contributed by atoms with Crippen LogP contribution in [0.15, 0.2) is 35.9 Å². The third-order valence-corrected chi connectivity index (χ3v) is 4.99. The van der Waals surface area contributed by atoms with Crippen LogP contribution in [-0.4, -0.2) is 61.8 Å². The minimum Gasteiger partial charge on any atom is -0.379 e. The molecule has 2 heterocycles. The van der Waals surface area contributed by atoms with Crippen LogP contribution in [0.25, 0.3) is 6.08 Å². The fraction of sp³-hybridized carbons (Fsp3) is 0.600. The molecule has 1 aromatic carbocycles. The molecule has 126 valence electrons. The first kappa shape index (κ1) is 16.7. The van der Waals surface area contributed by atoms with Crippen LogP contribution in [0.4, 0.5) is 0 Å². The molecule has 0 amide bonds. The lowest BCUT2D eigenvalue weighted by molar-refractivity contribution is 0.0182. The molecule has 1 unspecified atom stereocenters. The molecule has 0 radical (unpaired) electrons. The summed E-state index contributed by atoms with van der Waals surface area (Å²) in [5, 5.41) is 0. The molecule has 1 atom stereocenters. The summed E-state index contributed by atoms with van der Waals surface area (Å²) >= 11 is 0. The summed E-state index contributed by atoms with van der Waals surface area (Å²) in [6.45, 7) is 9.83. The Morgan fingerprint density at radius 3 is 2.70 bits per heavy atom. The van der Waals surface area contributed by atoms with Gasteiger partial charge >= 0.3 is 0 Å². The van der Waals surface area contributed by atoms with Crippen LogP contribution in [0, 0.1) is 0 Å². The number of likely N-dealkylation sites (tertiary alicyclic amines) is 1. The second-order valence-corrected chi connectivity index (χ2v) is 6.93. The average molecular weight is 314 g/mol. The molecule has 2 aliphatic heterocycles. The molecule has 23 heavy (non-hydrogen) atoms. The van der Waals surface area contributed by atoms with E-state index in [4.69, 9.17) is 4.74 Å². The lowest BCUT2D eigenvalue weighted by Crippen LogP contribution is -2.49. The summed E-state index contributed by atoms with van der Waals surface area (Å²) in [5.41, 5.74) is 2.77. The minimum atomic E-state index is 0.709. The molecule has 0 aliphatic carbocycles. The van der Waals surface area contributed by atoms with Crippen molar-refractivity contribution in [3.63, 3.8) is 0 Å². The molecule has 2 saturated heterocycles. The molecule has 2 aliphatic rings. The third-order valence-electron chi connectivity index (χ3n) is 4.99. The number of piperidine rings is 1. The lowest BCUT2D eigenvalue weighted by atomic mass is 10.00. The average Bonchev–Trinajstić information content (AvgIpc) is 2.58. The van der Waals surface area contributed by atoms with Gasteiger partial charge in [-0.1, -0.05) is 48.4 Å². The van der Waals surface area contributed by atoms with E-state index in [0.29, 0.717) is 6.04 Å². The minimum absolute atomic E-state index is 0.709. The molecule has 3 heteroatoms. The maximum absolute atomic E-state index is 5.48. The maximum atomic E-state index is 5.48. The van der Waals surface area contributed by atoms with Gasteiger partial charge in [-0.3, -0.25) is 9.80 Å². The van der Waals surface area contributed by atoms with Gasteiger partial charge in [-0.2, -0.15) is 0 Å². The van der Waals surface area contributed by atoms with Gasteiger partial charge in [0.15, 0.2) is 0 Å². The van der Waals surface area contributed by atoms with Gasteiger partial charge in [-0.15, -0.1) is 0 Å². The molecule has 2 fully saturated rings. The highest BCUT2D eigenvalue weighted by Gasteiger charge is 2.25. The maximum Gasteiger partial charge on any atom is 0.0594 e. The molecule has 0 aromatic heterocycles. The Kier molecular flexibility index (Phi) is 6.26. The molecular formula is C20H30N2O. The van der Waals surface area contributed by atoms with E-state index in [1.54, 1.807) is 0 Å². The Bertz CT molecular complexity index is 494. The molecule has 0 bridgehead atoms. The van der Waals surface area contributed by atoms with Crippen LogP contribution in [0.1, 0.15) is 31.7 Å². The first-order valence-electron chi connectivity index (χ1n) is 9.07. The van der Waals surface area contributed by atoms with E-state index < -0.39 is 0 Å². The van der Waals surface area contributed by atoms with Crippen molar-refractivity contribution in [1.82, 2.24) is 9.80 Å². The van der Waals surface area contributed by atoms with Crippen LogP contribution >= 0.6 is 0 Å². The largest absolute Gasteiger partial charge is 0.379 e. The van der Waals surface area contributed by atoms with Crippen molar-refractivity contribution < 1.29 is 4.74 Å². The van der Waals surface area contributed by atoms with Crippen LogP contribution in [0.2, 0.25) is 0 Å². The van der Waals surface area contributed by atoms with E-state index in [2.05, 4.69) is 53.1 Å². The van der Waals surface area contributed by atoms with Crippen molar-refractivity contribution in [2.24, 2.45) is 0 Å². The molecule has 1 aromatic rings. The summed E-state index contributed by atoms with van der Waals surface area (Å²) in [4.78, 5) is 5.29. The first-order valence-corrected chi connectivity index (χ1v) is 9.07. The predicted octanol–water partition coefficient (Wildman–Crippen LogP) is 3.28. The van der Waals surface area contributed by atoms with E-state index in [0.717, 1.165) is 32.8 Å². The highest BCUT2D eigenvalue weighted by Crippen LogP contribution is 2.20. The normalized spacial score (nSPS) is 24.7. The van der Waals surface area contributed by atoms with Crippen LogP contribution < -0.4 is 0 Å². The molecule has 0 N–H and O–H groups in total. The SMILES string of the molecule is C/C(=C\c1ccccc1)CN1CCCCC1CN1CCOCC1. The Hall–Kier alpha value is -1.16. The van der Waals surface area contributed by atoms with Crippen molar-refractivity contribution in [3.05, 3.63) is 41.5 Å². The molecule has 3 nitrogen and oxygen atoms in total. The smallest absolute Gasteiger partial charge is 0.0594 e. The Balaban J connectivity index is 1.58. The molecule has 0 spiro atoms. The second kappa shape index (κ2) is 8.62. The summed E-state index contributed by atoms with van der Waals surface area (Å²) in [6, 6.07) is 11.4. The molecule has 0 saturated carbocycles. The second-order valence-electron chi connectivity index (χ2n) is 6.93. The lowest BCUT2D eigenvalue weighted by Gasteiger charge is -2.39. The van der Waals surface area contributed by atoms with Gasteiger partial charge in [0.1, 0.15) is 0 Å². The topological polar surface area (TPSA) is 15.7 Å². The zero-order valence-electron chi connectivity index (χ0n) is 14.4. The van der Waals surface area contributed by atoms with E-state index in [9.17, 15) is 0 Å². The Morgan fingerprint density at radius 1 is 1.13 bits per heavy atom. The number of nitrogens with zero attached hydrogens (tertiary/aromatic N) is 2. The number of benzene rings is 1. The van der Waals surface area contributed by atoms with Crippen molar-refractivity contribution >= 4 is 6.08 Å². The van der Waals surface area contributed by atoms with Crippen LogP contribution in [0.5, 0.6) is 0 Å². The summed E-state index contributed by atoms with van der Waals surface area (Å²) in [7, 11) is 0. The number of hydrogen-bond donors (Lipinski definition) is 0. The monoisotopic (exact) mass is 314 g/mol. The van der Waals surface area contributed by atoms with E-state index in [-0.39, 0.29) is 0 Å². The number of rotatable bonds is 5. The quantitative estimate of drug-likeness (QED) is 0.829. The summed E-state index contributed by atoms with van der Waals surface area (Å²) in [5.74, 6) is 0. The number of hydrogen-bond acceptors (Lipinski definition) is 3. The van der Waals surface area contributed by atoms with Gasteiger partial charge in [0.2, 0.25) is 0 Å². The van der Waals surface area contributed by atoms with Gasteiger partial charge < -0.3 is 4.74 Å². The van der Waals surface area contributed by atoms with E-state index >= 15 is 0 Å². The van der Waals surface area contributed by atoms with Crippen LogP contribution in [0.3, 0.4) is 0 Å². The fourth-order valence-electron chi connectivity index (χ4n) is 3.76. The van der Waals surface area contributed by atoms with Crippen molar-refractivity contribution in [2.45, 2.75) is 32.2 Å². The standard InChI is InChI=1S/C20H30N2O/c1-18(15-19-7-3-2-4-8-19)16-22-10-6-5-9-20(22)17-21-11-13-23-14-12-21/h2-4,7-8,15,20H,5-6,9-14,16-17H2,1H3/b18-15+. The van der Waals surface area contributed by atoms with Gasteiger partial charge in [0.25, 0.3) is 0 Å². The summed E-state index contributed by atoms with van der Waals surface area (Å²) < 4.78 is 5.48. The number of morpholine rings is 1. The zero-order chi connectivity index (χ0) is 15.9. The highest BCUT2D eigenvalue weighted by molar-refractivity contribution is 5.52. The van der Waals surface area contributed by atoms with E-state index in [1.165, 1.54) is 43.5 Å². The number of ether oxygens (including phenoxy) is 1. The summed E-state index contributed by atoms with van der Waals surface area (Å²) in [6.07, 6.45) is 6.40. The van der Waals surface area contributed by atoms with Crippen molar-refractivity contribution in [2.75, 3.05) is 45.9 Å². The fourth-order valence-corrected chi connectivity index (χ4v) is 3.76. The van der Waals surface area contributed by atoms with Gasteiger partial charge in [-0.25, -0.2) is 0 Å². The third kappa shape index (κ3) is 5.17. The van der Waals surface area contributed by atoms with Gasteiger partial charge in [0, 0.05) is 32.2 Å². The zero-order valence-corrected chi connectivity index (χ0v) is 14.4. The van der Waals surface area contributed by atoms with Crippen molar-refractivity contribution in [3.8, 4) is 0 Å². The first-order chi connectivity index (χ1) is 11.3. The van der Waals surface area contributed by atoms with Gasteiger partial charge in [0.05, 0.1) is 13.2 Å².